The van der Waals surface area contributed by atoms with Gasteiger partial charge in [0.2, 0.25) is 17.8 Å². The molecule has 0 bridgehead atoms. The van der Waals surface area contributed by atoms with Crippen LogP contribution in [0, 0.1) is 0 Å². The van der Waals surface area contributed by atoms with E-state index in [1.807, 2.05) is 0 Å². The number of morpholine rings is 1. The minimum Gasteiger partial charge on any atom is -0.450 e. The topological polar surface area (TPSA) is 322 Å². The van der Waals surface area contributed by atoms with Crippen LogP contribution in [0.2, 0.25) is 10.0 Å². The minimum absolute atomic E-state index is 0.0222. The summed E-state index contributed by atoms with van der Waals surface area (Å²) >= 11 is 13.5. The number of H-pyrrole nitrogens is 2. The van der Waals surface area contributed by atoms with Gasteiger partial charge in [-0.05, 0) is 48.5 Å². The van der Waals surface area contributed by atoms with E-state index in [0.717, 1.165) is 12.1 Å². The monoisotopic (exact) mass is 881 g/mol. The van der Waals surface area contributed by atoms with Crippen molar-refractivity contribution in [1.29, 1.82) is 0 Å². The average molecular weight is 883 g/mol. The van der Waals surface area contributed by atoms with Gasteiger partial charge in [-0.15, -0.1) is 0 Å². The molecule has 4 heterocycles. The fraction of sp³-hybridized carbons (Fsp3) is 0.129. The fourth-order valence-corrected chi connectivity index (χ4v) is 8.58. The summed E-state index contributed by atoms with van der Waals surface area (Å²) in [4.78, 5) is 19.0. The van der Waals surface area contributed by atoms with Crippen LogP contribution in [0.1, 0.15) is 0 Å². The van der Waals surface area contributed by atoms with Crippen LogP contribution in [-0.2, 0) is 35.1 Å². The molecule has 3 aromatic heterocycles. The summed E-state index contributed by atoms with van der Waals surface area (Å²) in [5.41, 5.74) is 4.32. The SMILES string of the molecule is Nc1ccc2[nH]c3c(Cl)c4oc5c(S(=O)(=O)O)c(Nc6nc(Nc7ccc(S(=O)(=O)O)cc7)nc(N7CCOCC7)n6)ccc5[nH]c4c(Cl)c3oc2c1S(=O)(=O)O. The molecule has 1 aliphatic rings. The van der Waals surface area contributed by atoms with Gasteiger partial charge in [0, 0.05) is 18.8 Å². The van der Waals surface area contributed by atoms with Gasteiger partial charge in [0.05, 0.1) is 40.5 Å². The van der Waals surface area contributed by atoms with Crippen molar-refractivity contribution in [3.05, 3.63) is 58.6 Å². The van der Waals surface area contributed by atoms with Gasteiger partial charge in [0.1, 0.15) is 21.1 Å². The Hall–Kier alpha value is -5.44. The number of fused-ring (bicyclic) bond motifs is 4. The molecule has 0 radical (unpaired) electrons. The van der Waals surface area contributed by atoms with E-state index < -0.39 is 45.7 Å². The van der Waals surface area contributed by atoms with Crippen LogP contribution < -0.4 is 21.3 Å². The molecule has 1 aliphatic heterocycles. The molecule has 26 heteroatoms. The van der Waals surface area contributed by atoms with E-state index >= 15 is 0 Å². The summed E-state index contributed by atoms with van der Waals surface area (Å²) in [7, 11) is -14.5. The first-order valence-corrected chi connectivity index (χ1v) is 21.1. The highest BCUT2D eigenvalue weighted by atomic mass is 35.5. The molecule has 57 heavy (non-hydrogen) atoms. The number of anilines is 6. The normalized spacial score (nSPS) is 14.2. The number of benzene rings is 4. The van der Waals surface area contributed by atoms with E-state index in [1.54, 1.807) is 4.90 Å². The van der Waals surface area contributed by atoms with Crippen molar-refractivity contribution in [1.82, 2.24) is 24.9 Å². The number of nitrogen functional groups attached to an aromatic ring is 1. The van der Waals surface area contributed by atoms with E-state index in [1.165, 1.54) is 36.4 Å². The first-order chi connectivity index (χ1) is 26.9. The molecule has 1 saturated heterocycles. The lowest BCUT2D eigenvalue weighted by atomic mass is 10.2. The molecular weight excluding hydrogens is 857 g/mol. The van der Waals surface area contributed by atoms with Crippen LogP contribution >= 0.6 is 23.2 Å². The largest absolute Gasteiger partial charge is 0.450 e. The molecule has 0 amide bonds. The number of nitrogens with one attached hydrogen (secondary N) is 4. The summed E-state index contributed by atoms with van der Waals surface area (Å²) in [5, 5.41) is 5.30. The molecular formula is C31H25Cl2N9O12S3. The van der Waals surface area contributed by atoms with E-state index in [9.17, 15) is 38.9 Å². The number of hydrogen-bond acceptors (Lipinski definition) is 16. The van der Waals surface area contributed by atoms with Crippen LogP contribution in [0.25, 0.3) is 44.4 Å². The zero-order valence-electron chi connectivity index (χ0n) is 28.3. The Kier molecular flexibility index (Phi) is 9.36. The van der Waals surface area contributed by atoms with Gasteiger partial charge in [0.25, 0.3) is 30.4 Å². The van der Waals surface area contributed by atoms with Crippen LogP contribution in [0.15, 0.2) is 72.1 Å². The number of nitrogens with two attached hydrogens (primary N) is 1. The highest BCUT2D eigenvalue weighted by Crippen LogP contribution is 2.43. The minimum atomic E-state index is -5.13. The maximum absolute atomic E-state index is 13.1. The van der Waals surface area contributed by atoms with Gasteiger partial charge in [-0.2, -0.15) is 40.2 Å². The van der Waals surface area contributed by atoms with Crippen molar-refractivity contribution in [3.63, 3.8) is 0 Å². The third-order valence-corrected chi connectivity index (χ3v) is 12.0. The molecule has 9 N–H and O–H groups in total. The first-order valence-electron chi connectivity index (χ1n) is 16.1. The summed E-state index contributed by atoms with van der Waals surface area (Å²) in [5.74, 6) is -0.0988. The second-order valence-electron chi connectivity index (χ2n) is 12.3. The number of halogens is 2. The number of nitrogens with zero attached hydrogens (tertiary/aromatic N) is 4. The average Bonchev–Trinajstić information content (AvgIpc) is 3.15. The highest BCUT2D eigenvalue weighted by Gasteiger charge is 2.28. The summed E-state index contributed by atoms with van der Waals surface area (Å²) in [6.07, 6.45) is 0. The maximum Gasteiger partial charge on any atom is 0.300 e. The second kappa shape index (κ2) is 13.9. The van der Waals surface area contributed by atoms with Crippen LogP contribution in [-0.4, -0.2) is 90.1 Å². The molecule has 21 nitrogen and oxygen atoms in total. The zero-order chi connectivity index (χ0) is 40.6. The molecule has 0 atom stereocenters. The summed E-state index contributed by atoms with van der Waals surface area (Å²) in [6.45, 7) is 1.52. The number of aromatic nitrogens is 5. The van der Waals surface area contributed by atoms with Crippen LogP contribution in [0.4, 0.5) is 34.9 Å². The maximum atomic E-state index is 13.1. The Morgan fingerprint density at radius 2 is 1.19 bits per heavy atom. The molecule has 1 fully saturated rings. The van der Waals surface area contributed by atoms with Gasteiger partial charge < -0.3 is 44.8 Å². The van der Waals surface area contributed by atoms with Gasteiger partial charge in [0.15, 0.2) is 32.1 Å². The Morgan fingerprint density at radius 3 is 1.74 bits per heavy atom. The van der Waals surface area contributed by atoms with Crippen molar-refractivity contribution >= 4 is 133 Å². The number of ether oxygens (including phenoxy) is 1. The smallest absolute Gasteiger partial charge is 0.300 e. The molecule has 0 spiro atoms. The number of hydrogen-bond donors (Lipinski definition) is 8. The fourth-order valence-electron chi connectivity index (χ4n) is 6.04. The second-order valence-corrected chi connectivity index (χ2v) is 17.1. The van der Waals surface area contributed by atoms with Crippen molar-refractivity contribution in [2.45, 2.75) is 14.7 Å². The Balaban J connectivity index is 1.27. The Morgan fingerprint density at radius 1 is 0.667 bits per heavy atom. The third kappa shape index (κ3) is 7.21. The van der Waals surface area contributed by atoms with E-state index in [4.69, 9.17) is 42.5 Å². The van der Waals surface area contributed by atoms with E-state index in [2.05, 4.69) is 35.6 Å². The molecule has 0 aliphatic carbocycles. The molecule has 8 rings (SSSR count). The molecule has 4 aromatic carbocycles. The molecule has 0 unspecified atom stereocenters. The van der Waals surface area contributed by atoms with E-state index in [-0.39, 0.29) is 83.0 Å². The molecule has 7 aromatic rings. The molecule has 0 saturated carbocycles. The highest BCUT2D eigenvalue weighted by molar-refractivity contribution is 7.86. The lowest BCUT2D eigenvalue weighted by Crippen LogP contribution is -2.37. The zero-order valence-corrected chi connectivity index (χ0v) is 32.3. The third-order valence-electron chi connectivity index (χ3n) is 8.56. The van der Waals surface area contributed by atoms with Crippen molar-refractivity contribution in [2.75, 3.05) is 47.6 Å². The summed E-state index contributed by atoms with van der Waals surface area (Å²) in [6, 6.07) is 10.3. The van der Waals surface area contributed by atoms with Crippen LogP contribution in [0.5, 0.6) is 0 Å². The summed E-state index contributed by atoms with van der Waals surface area (Å²) < 4.78 is 121. The van der Waals surface area contributed by atoms with Crippen molar-refractivity contribution in [3.8, 4) is 0 Å². The predicted octanol–water partition coefficient (Wildman–Crippen LogP) is 5.40. The Labute approximate surface area is 329 Å². The lowest BCUT2D eigenvalue weighted by Gasteiger charge is -2.27. The van der Waals surface area contributed by atoms with Gasteiger partial charge in [-0.3, -0.25) is 13.7 Å². The standard InChI is InChI=1S/C31H25Cl2N9O12S3/c32-19-22-26(20(33)21-25(19)53-23-16(36-21)6-5-15(34)27(23)56(46,47)48)54-24-17(37-22)7-8-18(28(24)57(49,50)51)38-30-39-29(40-31(41-30)42-9-11-52-12-10-42)35-13-1-3-14(4-2-13)55(43,44)45/h1-8,36-37H,9-12,34H2,(H,43,44,45)(H,46,47,48)(H,49,50,51)(H2,35,38,39,40,41). The van der Waals surface area contributed by atoms with E-state index in [0.29, 0.717) is 32.0 Å². The first kappa shape index (κ1) is 38.4. The Bertz CT molecular complexity index is 3200. The number of rotatable bonds is 8. The van der Waals surface area contributed by atoms with Gasteiger partial charge in [-0.1, -0.05) is 23.2 Å². The lowest BCUT2D eigenvalue weighted by molar-refractivity contribution is 0.122. The number of aromatic amines is 2. The predicted molar refractivity (Wildman–Crippen MR) is 207 cm³/mol. The van der Waals surface area contributed by atoms with Crippen LogP contribution in [0.3, 0.4) is 0 Å². The van der Waals surface area contributed by atoms with Crippen molar-refractivity contribution in [2.24, 2.45) is 0 Å². The van der Waals surface area contributed by atoms with Crippen molar-refractivity contribution < 1.29 is 52.5 Å². The van der Waals surface area contributed by atoms with Gasteiger partial charge >= 0.3 is 0 Å². The quantitative estimate of drug-likeness (QED) is 0.0538. The van der Waals surface area contributed by atoms with Gasteiger partial charge in [-0.25, -0.2) is 0 Å². The molecule has 298 valence electrons.